The van der Waals surface area contributed by atoms with E-state index in [9.17, 15) is 9.18 Å². The van der Waals surface area contributed by atoms with E-state index in [1.165, 1.54) is 6.07 Å². The summed E-state index contributed by atoms with van der Waals surface area (Å²) in [5.74, 6) is -0.247. The summed E-state index contributed by atoms with van der Waals surface area (Å²) in [7, 11) is 0. The van der Waals surface area contributed by atoms with E-state index in [4.69, 9.17) is 5.73 Å². The molecular formula is C14H19FN2O. The first kappa shape index (κ1) is 13.0. The second-order valence-electron chi connectivity index (χ2n) is 5.04. The molecule has 1 amide bonds. The Morgan fingerprint density at radius 1 is 1.61 bits per heavy atom. The van der Waals surface area contributed by atoms with Crippen molar-refractivity contribution < 1.29 is 9.18 Å². The Balaban J connectivity index is 2.10. The van der Waals surface area contributed by atoms with Crippen LogP contribution in [0.2, 0.25) is 0 Å². The fourth-order valence-corrected chi connectivity index (χ4v) is 2.48. The van der Waals surface area contributed by atoms with Crippen LogP contribution in [0.3, 0.4) is 0 Å². The van der Waals surface area contributed by atoms with Crippen molar-refractivity contribution in [3.63, 3.8) is 0 Å². The van der Waals surface area contributed by atoms with Gasteiger partial charge < -0.3 is 11.1 Å². The molecule has 2 unspecified atom stereocenters. The summed E-state index contributed by atoms with van der Waals surface area (Å²) in [5, 5.41) is 2.98. The molecule has 3 nitrogen and oxygen atoms in total. The van der Waals surface area contributed by atoms with Crippen LogP contribution in [0.25, 0.3) is 0 Å². The largest absolute Gasteiger partial charge is 0.349 e. The lowest BCUT2D eigenvalue weighted by Gasteiger charge is -2.26. The van der Waals surface area contributed by atoms with Gasteiger partial charge in [-0.2, -0.15) is 0 Å². The van der Waals surface area contributed by atoms with E-state index < -0.39 is 0 Å². The number of hydrogen-bond acceptors (Lipinski definition) is 2. The van der Waals surface area contributed by atoms with Gasteiger partial charge in [-0.15, -0.1) is 0 Å². The summed E-state index contributed by atoms with van der Waals surface area (Å²) in [5.41, 5.74) is 7.65. The Labute approximate surface area is 107 Å². The van der Waals surface area contributed by atoms with Crippen molar-refractivity contribution in [2.24, 2.45) is 5.73 Å². The number of rotatable bonds is 3. The molecule has 0 radical (unpaired) electrons. The van der Waals surface area contributed by atoms with Crippen LogP contribution in [0, 0.1) is 5.82 Å². The molecule has 0 saturated carbocycles. The molecular weight excluding hydrogens is 231 g/mol. The zero-order valence-electron chi connectivity index (χ0n) is 10.6. The maximum Gasteiger partial charge on any atom is 0.222 e. The third-order valence-corrected chi connectivity index (χ3v) is 3.26. The topological polar surface area (TPSA) is 55.1 Å². The van der Waals surface area contributed by atoms with Crippen LogP contribution in [-0.4, -0.2) is 11.9 Å². The number of halogens is 1. The van der Waals surface area contributed by atoms with Crippen molar-refractivity contribution in [2.45, 2.75) is 44.7 Å². The van der Waals surface area contributed by atoms with Gasteiger partial charge in [0.15, 0.2) is 0 Å². The molecule has 98 valence electrons. The van der Waals surface area contributed by atoms with E-state index in [1.807, 2.05) is 6.92 Å². The van der Waals surface area contributed by atoms with Gasteiger partial charge in [-0.3, -0.25) is 4.79 Å². The van der Waals surface area contributed by atoms with Crippen molar-refractivity contribution in [3.8, 4) is 0 Å². The van der Waals surface area contributed by atoms with E-state index >= 15 is 0 Å². The second kappa shape index (κ2) is 5.48. The molecule has 0 heterocycles. The summed E-state index contributed by atoms with van der Waals surface area (Å²) < 4.78 is 13.2. The zero-order chi connectivity index (χ0) is 13.1. The second-order valence-corrected chi connectivity index (χ2v) is 5.04. The third-order valence-electron chi connectivity index (χ3n) is 3.26. The van der Waals surface area contributed by atoms with Crippen LogP contribution in [0.1, 0.15) is 43.4 Å². The molecule has 1 aliphatic rings. The van der Waals surface area contributed by atoms with Crippen LogP contribution in [0.15, 0.2) is 18.2 Å². The lowest BCUT2D eigenvalue weighted by atomic mass is 9.87. The Morgan fingerprint density at radius 3 is 3.11 bits per heavy atom. The quantitative estimate of drug-likeness (QED) is 0.862. The molecule has 4 heteroatoms. The predicted molar refractivity (Wildman–Crippen MR) is 68.5 cm³/mol. The number of nitrogens with two attached hydrogens (primary N) is 1. The van der Waals surface area contributed by atoms with Crippen molar-refractivity contribution >= 4 is 5.91 Å². The fraction of sp³-hybridized carbons (Fsp3) is 0.500. The number of benzene rings is 1. The normalized spacial score (nSPS) is 20.1. The first-order valence-electron chi connectivity index (χ1n) is 6.39. The maximum absolute atomic E-state index is 13.2. The van der Waals surface area contributed by atoms with E-state index in [0.717, 1.165) is 30.4 Å². The van der Waals surface area contributed by atoms with E-state index in [1.54, 1.807) is 12.1 Å². The van der Waals surface area contributed by atoms with E-state index in [2.05, 4.69) is 5.32 Å². The van der Waals surface area contributed by atoms with Crippen LogP contribution in [-0.2, 0) is 11.2 Å². The molecule has 0 spiro atoms. The highest BCUT2D eigenvalue weighted by Gasteiger charge is 2.22. The molecule has 1 aliphatic carbocycles. The number of amides is 1. The highest BCUT2D eigenvalue weighted by atomic mass is 19.1. The molecule has 0 saturated heterocycles. The van der Waals surface area contributed by atoms with Crippen molar-refractivity contribution in [1.82, 2.24) is 5.32 Å². The van der Waals surface area contributed by atoms with Crippen molar-refractivity contribution in [1.29, 1.82) is 0 Å². The van der Waals surface area contributed by atoms with Gasteiger partial charge in [0.2, 0.25) is 5.91 Å². The molecule has 1 aromatic rings. The molecule has 0 bridgehead atoms. The minimum absolute atomic E-state index is 0.000556. The van der Waals surface area contributed by atoms with E-state index in [0.29, 0.717) is 6.42 Å². The number of nitrogens with one attached hydrogen (secondary N) is 1. The van der Waals surface area contributed by atoms with Gasteiger partial charge in [0.05, 0.1) is 6.04 Å². The van der Waals surface area contributed by atoms with Gasteiger partial charge in [-0.05, 0) is 49.4 Å². The van der Waals surface area contributed by atoms with Gasteiger partial charge in [-0.25, -0.2) is 4.39 Å². The molecule has 2 atom stereocenters. The minimum Gasteiger partial charge on any atom is -0.349 e. The fourth-order valence-electron chi connectivity index (χ4n) is 2.48. The van der Waals surface area contributed by atoms with Crippen molar-refractivity contribution in [3.05, 3.63) is 35.1 Å². The first-order valence-corrected chi connectivity index (χ1v) is 6.39. The lowest BCUT2D eigenvalue weighted by Crippen LogP contribution is -2.34. The molecule has 3 N–H and O–H groups in total. The summed E-state index contributed by atoms with van der Waals surface area (Å²) >= 11 is 0. The molecule has 0 aliphatic heterocycles. The average molecular weight is 250 g/mol. The smallest absolute Gasteiger partial charge is 0.222 e. The Morgan fingerprint density at radius 2 is 2.39 bits per heavy atom. The van der Waals surface area contributed by atoms with Gasteiger partial charge in [-0.1, -0.05) is 6.07 Å². The highest BCUT2D eigenvalue weighted by Crippen LogP contribution is 2.30. The SMILES string of the molecule is CC(N)CC(=O)NC1CCCc2cc(F)ccc21. The monoisotopic (exact) mass is 250 g/mol. The number of hydrogen-bond donors (Lipinski definition) is 2. The van der Waals surface area contributed by atoms with Crippen LogP contribution in [0.4, 0.5) is 4.39 Å². The molecule has 0 fully saturated rings. The van der Waals surface area contributed by atoms with Gasteiger partial charge in [0.25, 0.3) is 0 Å². The van der Waals surface area contributed by atoms with Gasteiger partial charge in [0.1, 0.15) is 5.82 Å². The maximum atomic E-state index is 13.2. The number of carbonyl (C=O) groups is 1. The highest BCUT2D eigenvalue weighted by molar-refractivity contribution is 5.77. The standard InChI is InChI=1S/C14H19FN2O/c1-9(16)7-14(18)17-13-4-2-3-10-8-11(15)5-6-12(10)13/h5-6,8-9,13H,2-4,7,16H2,1H3,(H,17,18). The summed E-state index contributed by atoms with van der Waals surface area (Å²) in [6, 6.07) is 4.66. The molecule has 2 rings (SSSR count). The van der Waals surface area contributed by atoms with Crippen molar-refractivity contribution in [2.75, 3.05) is 0 Å². The Hall–Kier alpha value is -1.42. The summed E-state index contributed by atoms with van der Waals surface area (Å²) in [4.78, 5) is 11.7. The lowest BCUT2D eigenvalue weighted by molar-refractivity contribution is -0.122. The van der Waals surface area contributed by atoms with Crippen LogP contribution >= 0.6 is 0 Å². The predicted octanol–water partition coefficient (Wildman–Crippen LogP) is 2.06. The Bertz CT molecular complexity index is 445. The van der Waals surface area contributed by atoms with Gasteiger partial charge >= 0.3 is 0 Å². The first-order chi connectivity index (χ1) is 8.56. The van der Waals surface area contributed by atoms with E-state index in [-0.39, 0.29) is 23.8 Å². The Kier molecular flexibility index (Phi) is 3.97. The number of carbonyl (C=O) groups excluding carboxylic acids is 1. The van der Waals surface area contributed by atoms with Crippen LogP contribution in [0.5, 0.6) is 0 Å². The minimum atomic E-state index is -0.212. The van der Waals surface area contributed by atoms with Crippen LogP contribution < -0.4 is 11.1 Å². The zero-order valence-corrected chi connectivity index (χ0v) is 10.6. The number of aryl methyl sites for hydroxylation is 1. The molecule has 1 aromatic carbocycles. The third kappa shape index (κ3) is 3.07. The van der Waals surface area contributed by atoms with Gasteiger partial charge in [0, 0.05) is 12.5 Å². The molecule has 0 aromatic heterocycles. The number of fused-ring (bicyclic) bond motifs is 1. The summed E-state index contributed by atoms with van der Waals surface area (Å²) in [6.07, 6.45) is 3.09. The average Bonchev–Trinajstić information content (AvgIpc) is 2.27. The summed E-state index contributed by atoms with van der Waals surface area (Å²) in [6.45, 7) is 1.81. The molecule has 18 heavy (non-hydrogen) atoms.